The summed E-state index contributed by atoms with van der Waals surface area (Å²) < 4.78 is 7.44. The van der Waals surface area contributed by atoms with Gasteiger partial charge in [0.25, 0.3) is 0 Å². The summed E-state index contributed by atoms with van der Waals surface area (Å²) in [7, 11) is 2.08. The van der Waals surface area contributed by atoms with E-state index in [1.165, 1.54) is 5.56 Å². The van der Waals surface area contributed by atoms with Crippen molar-refractivity contribution in [3.8, 4) is 22.9 Å². The number of fused-ring (bicyclic) bond motifs is 1. The van der Waals surface area contributed by atoms with Gasteiger partial charge in [0.2, 0.25) is 0 Å². The molecule has 0 atom stereocenters. The average Bonchev–Trinajstić information content (AvgIpc) is 3.50. The van der Waals surface area contributed by atoms with Gasteiger partial charge in [-0.15, -0.1) is 0 Å². The minimum atomic E-state index is 0.110. The van der Waals surface area contributed by atoms with Crippen molar-refractivity contribution < 1.29 is 9.53 Å². The highest BCUT2D eigenvalue weighted by atomic mass is 16.5. The van der Waals surface area contributed by atoms with Crippen molar-refractivity contribution in [3.05, 3.63) is 78.2 Å². The molecule has 0 spiro atoms. The molecular formula is C34H42N8O2. The van der Waals surface area contributed by atoms with E-state index in [1.54, 1.807) is 10.7 Å². The van der Waals surface area contributed by atoms with Crippen molar-refractivity contribution in [3.63, 3.8) is 0 Å². The van der Waals surface area contributed by atoms with Crippen LogP contribution in [0.25, 0.3) is 16.6 Å². The monoisotopic (exact) mass is 594 g/mol. The normalized spacial score (nSPS) is 16.5. The highest BCUT2D eigenvalue weighted by molar-refractivity contribution is 5.85. The van der Waals surface area contributed by atoms with E-state index in [0.717, 1.165) is 87.3 Å². The quantitative estimate of drug-likeness (QED) is 0.281. The van der Waals surface area contributed by atoms with Gasteiger partial charge in [0.15, 0.2) is 0 Å². The molecular weight excluding hydrogens is 552 g/mol. The average molecular weight is 595 g/mol. The van der Waals surface area contributed by atoms with Gasteiger partial charge in [-0.25, -0.2) is 9.50 Å². The van der Waals surface area contributed by atoms with Crippen LogP contribution >= 0.6 is 0 Å². The number of carbonyl (C=O) groups excluding carboxylic acids is 1. The van der Waals surface area contributed by atoms with Crippen LogP contribution in [0.1, 0.15) is 30.9 Å². The van der Waals surface area contributed by atoms with Crippen molar-refractivity contribution in [2.75, 3.05) is 64.4 Å². The summed E-state index contributed by atoms with van der Waals surface area (Å²) >= 11 is 0. The van der Waals surface area contributed by atoms with Crippen molar-refractivity contribution >= 4 is 17.6 Å². The number of piperidine rings is 1. The Hall–Kier alpha value is -4.30. The van der Waals surface area contributed by atoms with Gasteiger partial charge in [-0.2, -0.15) is 10.4 Å². The molecule has 0 saturated carbocycles. The summed E-state index contributed by atoms with van der Waals surface area (Å²) in [4.78, 5) is 19.3. The first-order valence-corrected chi connectivity index (χ1v) is 15.4. The molecule has 0 amide bonds. The van der Waals surface area contributed by atoms with Gasteiger partial charge in [-0.3, -0.25) is 4.90 Å². The minimum absolute atomic E-state index is 0.110. The fourth-order valence-corrected chi connectivity index (χ4v) is 6.04. The number of anilines is 1. The van der Waals surface area contributed by atoms with Crippen molar-refractivity contribution in [1.82, 2.24) is 30.1 Å². The lowest BCUT2D eigenvalue weighted by Crippen LogP contribution is -2.53. The van der Waals surface area contributed by atoms with E-state index in [9.17, 15) is 10.1 Å². The molecule has 10 nitrogen and oxygen atoms in total. The molecule has 2 N–H and O–H groups in total. The fourth-order valence-electron chi connectivity index (χ4n) is 6.04. The van der Waals surface area contributed by atoms with E-state index in [4.69, 9.17) is 9.72 Å². The van der Waals surface area contributed by atoms with Crippen LogP contribution in [-0.2, 0) is 11.2 Å². The molecule has 2 saturated heterocycles. The number of pyridine rings is 2. The smallest absolute Gasteiger partial charge is 0.138 e. The van der Waals surface area contributed by atoms with Gasteiger partial charge in [0.05, 0.1) is 36.6 Å². The van der Waals surface area contributed by atoms with Gasteiger partial charge in [-0.1, -0.05) is 30.3 Å². The first kappa shape index (κ1) is 31.1. The predicted molar refractivity (Wildman–Crippen MR) is 173 cm³/mol. The maximum absolute atomic E-state index is 10.0. The molecule has 5 heterocycles. The lowest BCUT2D eigenvalue weighted by molar-refractivity contribution is -0.109. The van der Waals surface area contributed by atoms with Crippen LogP contribution in [0.5, 0.6) is 5.75 Å². The summed E-state index contributed by atoms with van der Waals surface area (Å²) in [6.07, 6.45) is 9.39. The van der Waals surface area contributed by atoms with Crippen LogP contribution in [0.3, 0.4) is 0 Å². The second kappa shape index (κ2) is 14.9. The zero-order valence-corrected chi connectivity index (χ0v) is 25.7. The topological polar surface area (TPSA) is 111 Å². The Labute approximate surface area is 259 Å². The van der Waals surface area contributed by atoms with Crippen molar-refractivity contribution in [2.45, 2.75) is 31.7 Å². The Morgan fingerprint density at radius 1 is 1.09 bits per heavy atom. The molecule has 44 heavy (non-hydrogen) atoms. The number of piperazine rings is 1. The Balaban J connectivity index is 0.000000367. The van der Waals surface area contributed by atoms with Crippen LogP contribution < -0.4 is 20.3 Å². The number of benzene rings is 1. The molecule has 0 radical (unpaired) electrons. The number of nitriles is 1. The summed E-state index contributed by atoms with van der Waals surface area (Å²) in [5.74, 6) is 1.69. The van der Waals surface area contributed by atoms with Gasteiger partial charge in [0, 0.05) is 62.1 Å². The highest BCUT2D eigenvalue weighted by Gasteiger charge is 2.33. The van der Waals surface area contributed by atoms with Crippen LogP contribution in [0.15, 0.2) is 67.1 Å². The second-order valence-electron chi connectivity index (χ2n) is 11.3. The molecule has 4 aromatic rings. The van der Waals surface area contributed by atoms with E-state index in [-0.39, 0.29) is 5.54 Å². The lowest BCUT2D eigenvalue weighted by Gasteiger charge is -2.42. The molecule has 2 aliphatic heterocycles. The van der Waals surface area contributed by atoms with E-state index in [1.807, 2.05) is 25.4 Å². The second-order valence-corrected chi connectivity index (χ2v) is 11.3. The molecule has 6 rings (SSSR count). The summed E-state index contributed by atoms with van der Waals surface area (Å²) in [6.45, 7) is 9.07. The third-order valence-corrected chi connectivity index (χ3v) is 8.58. The first-order valence-electron chi connectivity index (χ1n) is 15.4. The Morgan fingerprint density at radius 2 is 1.86 bits per heavy atom. The summed E-state index contributed by atoms with van der Waals surface area (Å²) in [5.41, 5.74) is 4.60. The number of nitrogens with one attached hydrogen (secondary N) is 2. The third kappa shape index (κ3) is 7.42. The Bertz CT molecular complexity index is 1530. The fraction of sp³-hybridized carbons (Fsp3) is 0.412. The van der Waals surface area contributed by atoms with Crippen LogP contribution in [0.2, 0.25) is 0 Å². The SMILES string of the molecule is CCOc1cc(-c2ccc(N3CCC(Cc4ccccc4)(NC)CC3)nc2)c2c(C#N)cnn2c1.O=CCN1CCNCC1. The predicted octanol–water partition coefficient (Wildman–Crippen LogP) is 3.56. The number of hydrogen-bond acceptors (Lipinski definition) is 9. The number of hydrogen-bond donors (Lipinski definition) is 2. The molecule has 0 unspecified atom stereocenters. The largest absolute Gasteiger partial charge is 0.492 e. The van der Waals surface area contributed by atoms with E-state index in [0.29, 0.717) is 24.5 Å². The lowest BCUT2D eigenvalue weighted by atomic mass is 9.82. The van der Waals surface area contributed by atoms with E-state index < -0.39 is 0 Å². The van der Waals surface area contributed by atoms with E-state index in [2.05, 4.69) is 81.1 Å². The molecule has 2 aliphatic rings. The van der Waals surface area contributed by atoms with E-state index >= 15 is 0 Å². The minimum Gasteiger partial charge on any atom is -0.492 e. The summed E-state index contributed by atoms with van der Waals surface area (Å²) in [6, 6.07) is 19.1. The number of nitrogens with zero attached hydrogens (tertiary/aromatic N) is 6. The maximum Gasteiger partial charge on any atom is 0.138 e. The number of likely N-dealkylation sites (N-methyl/N-ethyl adjacent to an activating group) is 1. The first-order chi connectivity index (χ1) is 21.6. The third-order valence-electron chi connectivity index (χ3n) is 8.58. The van der Waals surface area contributed by atoms with Crippen LogP contribution in [-0.4, -0.2) is 90.8 Å². The zero-order valence-electron chi connectivity index (χ0n) is 25.7. The number of aldehydes is 1. The number of rotatable bonds is 9. The van der Waals surface area contributed by atoms with Gasteiger partial charge >= 0.3 is 0 Å². The Morgan fingerprint density at radius 3 is 2.50 bits per heavy atom. The molecule has 0 aliphatic carbocycles. The van der Waals surface area contributed by atoms with Gasteiger partial charge < -0.3 is 25.1 Å². The van der Waals surface area contributed by atoms with Gasteiger partial charge in [-0.05, 0) is 57.0 Å². The van der Waals surface area contributed by atoms with Crippen LogP contribution in [0, 0.1) is 11.3 Å². The molecule has 0 bridgehead atoms. The van der Waals surface area contributed by atoms with Crippen molar-refractivity contribution in [1.29, 1.82) is 5.26 Å². The molecule has 3 aromatic heterocycles. The summed E-state index contributed by atoms with van der Waals surface area (Å²) in [5, 5.41) is 20.7. The number of carbonyl (C=O) groups is 1. The van der Waals surface area contributed by atoms with Crippen molar-refractivity contribution in [2.24, 2.45) is 0 Å². The molecule has 1 aromatic carbocycles. The van der Waals surface area contributed by atoms with Gasteiger partial charge in [0.1, 0.15) is 23.9 Å². The Kier molecular flexibility index (Phi) is 10.6. The molecule has 230 valence electrons. The highest BCUT2D eigenvalue weighted by Crippen LogP contribution is 2.33. The zero-order chi connectivity index (χ0) is 30.8. The molecule has 10 heteroatoms. The van der Waals surface area contributed by atoms with Crippen LogP contribution in [0.4, 0.5) is 5.82 Å². The standard InChI is InChI=1S/C28H30N6O.C6H12N2O/c1-3-35-24-15-25(27-23(17-29)19-32-34(27)20-24)22-9-10-26(31-18-22)33-13-11-28(30-2,12-14-33)16-21-7-5-4-6-8-21;9-6-5-8-3-1-7-2-4-8/h4-10,15,18-20,30H,3,11-14,16H2,1-2H3;6-7H,1-5H2. The molecule has 2 fully saturated rings. The number of ether oxygens (including phenoxy) is 1. The maximum atomic E-state index is 10.0. The number of aromatic nitrogens is 3.